The number of benzene rings is 1. The van der Waals surface area contributed by atoms with Crippen molar-refractivity contribution in [1.82, 2.24) is 0 Å². The fourth-order valence-corrected chi connectivity index (χ4v) is 2.80. The van der Waals surface area contributed by atoms with E-state index >= 15 is 0 Å². The van der Waals surface area contributed by atoms with E-state index in [9.17, 15) is 4.79 Å². The van der Waals surface area contributed by atoms with E-state index in [1.807, 2.05) is 0 Å². The number of carbonyl (C=O) groups is 1. The van der Waals surface area contributed by atoms with Gasteiger partial charge in [0.15, 0.2) is 0 Å². The predicted octanol–water partition coefficient (Wildman–Crippen LogP) is 3.34. The van der Waals surface area contributed by atoms with Gasteiger partial charge in [-0.3, -0.25) is 4.79 Å². The molecule has 1 heterocycles. The summed E-state index contributed by atoms with van der Waals surface area (Å²) in [6, 6.07) is 8.41. The van der Waals surface area contributed by atoms with E-state index in [0.29, 0.717) is 6.42 Å². The van der Waals surface area contributed by atoms with Gasteiger partial charge in [0.1, 0.15) is 5.78 Å². The molecule has 0 saturated carbocycles. The van der Waals surface area contributed by atoms with Gasteiger partial charge >= 0.3 is 0 Å². The molecular formula is C12H12OS. The van der Waals surface area contributed by atoms with Crippen LogP contribution in [0.4, 0.5) is 0 Å². The average molecular weight is 204 g/mol. The van der Waals surface area contributed by atoms with Crippen molar-refractivity contribution >= 4 is 27.2 Å². The minimum atomic E-state index is 0.231. The summed E-state index contributed by atoms with van der Waals surface area (Å²) in [5.41, 5.74) is 1.29. The van der Waals surface area contributed by atoms with Gasteiger partial charge in [0, 0.05) is 16.0 Å². The van der Waals surface area contributed by atoms with Gasteiger partial charge in [0.25, 0.3) is 0 Å². The van der Waals surface area contributed by atoms with E-state index in [2.05, 4.69) is 31.2 Å². The zero-order valence-corrected chi connectivity index (χ0v) is 9.15. The van der Waals surface area contributed by atoms with Crippen LogP contribution in [0, 0.1) is 6.92 Å². The maximum absolute atomic E-state index is 11.0. The van der Waals surface area contributed by atoms with Crippen LogP contribution >= 0.6 is 11.3 Å². The summed E-state index contributed by atoms with van der Waals surface area (Å²) in [6.45, 7) is 3.74. The van der Waals surface area contributed by atoms with Gasteiger partial charge < -0.3 is 0 Å². The minimum Gasteiger partial charge on any atom is -0.300 e. The molecule has 0 unspecified atom stereocenters. The third-order valence-corrected chi connectivity index (χ3v) is 3.35. The van der Waals surface area contributed by atoms with Crippen molar-refractivity contribution in [2.45, 2.75) is 20.3 Å². The standard InChI is InChI=1S/C12H12OS/c1-8-4-3-5-12-11(8)7-10(14-12)6-9(2)13/h3-5,7H,6H2,1-2H3. The van der Waals surface area contributed by atoms with Crippen molar-refractivity contribution in [3.05, 3.63) is 34.7 Å². The number of thiophene rings is 1. The van der Waals surface area contributed by atoms with Gasteiger partial charge in [-0.1, -0.05) is 12.1 Å². The maximum atomic E-state index is 11.0. The molecule has 0 fully saturated rings. The van der Waals surface area contributed by atoms with E-state index < -0.39 is 0 Å². The Labute approximate surface area is 87.4 Å². The van der Waals surface area contributed by atoms with Crippen LogP contribution < -0.4 is 0 Å². The lowest BCUT2D eigenvalue weighted by molar-refractivity contribution is -0.116. The number of rotatable bonds is 2. The van der Waals surface area contributed by atoms with Gasteiger partial charge in [-0.25, -0.2) is 0 Å². The van der Waals surface area contributed by atoms with Crippen LogP contribution in [0.25, 0.3) is 10.1 Å². The van der Waals surface area contributed by atoms with Crippen molar-refractivity contribution in [2.24, 2.45) is 0 Å². The fourth-order valence-electron chi connectivity index (χ4n) is 1.59. The first kappa shape index (κ1) is 9.41. The van der Waals surface area contributed by atoms with Gasteiger partial charge in [-0.2, -0.15) is 0 Å². The lowest BCUT2D eigenvalue weighted by atomic mass is 10.1. The van der Waals surface area contributed by atoms with E-state index in [-0.39, 0.29) is 5.78 Å². The third kappa shape index (κ3) is 1.70. The molecule has 14 heavy (non-hydrogen) atoms. The van der Waals surface area contributed by atoms with E-state index in [1.165, 1.54) is 20.5 Å². The largest absolute Gasteiger partial charge is 0.300 e. The number of aryl methyl sites for hydroxylation is 1. The molecular weight excluding hydrogens is 192 g/mol. The van der Waals surface area contributed by atoms with Crippen LogP contribution in [-0.4, -0.2) is 5.78 Å². The summed E-state index contributed by atoms with van der Waals surface area (Å²) in [5, 5.41) is 1.29. The molecule has 0 radical (unpaired) electrons. The van der Waals surface area contributed by atoms with Crippen molar-refractivity contribution < 1.29 is 4.79 Å². The molecule has 1 nitrogen and oxygen atoms in total. The van der Waals surface area contributed by atoms with Crippen LogP contribution in [-0.2, 0) is 11.2 Å². The number of hydrogen-bond acceptors (Lipinski definition) is 2. The lowest BCUT2D eigenvalue weighted by Crippen LogP contribution is -1.92. The monoisotopic (exact) mass is 204 g/mol. The Hall–Kier alpha value is -1.15. The van der Waals surface area contributed by atoms with Crippen LogP contribution in [0.15, 0.2) is 24.3 Å². The van der Waals surface area contributed by atoms with Gasteiger partial charge in [0.2, 0.25) is 0 Å². The highest BCUT2D eigenvalue weighted by Gasteiger charge is 2.05. The molecule has 72 valence electrons. The highest BCUT2D eigenvalue weighted by atomic mass is 32.1. The van der Waals surface area contributed by atoms with E-state index in [0.717, 1.165) is 0 Å². The van der Waals surface area contributed by atoms with Crippen LogP contribution in [0.3, 0.4) is 0 Å². The Morgan fingerprint density at radius 3 is 2.86 bits per heavy atom. The van der Waals surface area contributed by atoms with Gasteiger partial charge in [-0.05, 0) is 36.9 Å². The molecule has 0 N–H and O–H groups in total. The lowest BCUT2D eigenvalue weighted by Gasteiger charge is -1.91. The number of Topliss-reactive ketones (excluding diaryl/α,β-unsaturated/α-hetero) is 1. The first-order valence-corrected chi connectivity index (χ1v) is 5.46. The summed E-state index contributed by atoms with van der Waals surface area (Å²) >= 11 is 1.72. The molecule has 2 heteroatoms. The molecule has 1 aromatic heterocycles. The second-order valence-corrected chi connectivity index (χ2v) is 4.75. The molecule has 0 saturated heterocycles. The minimum absolute atomic E-state index is 0.231. The Morgan fingerprint density at radius 2 is 2.21 bits per heavy atom. The fraction of sp³-hybridized carbons (Fsp3) is 0.250. The second kappa shape index (κ2) is 3.54. The van der Waals surface area contributed by atoms with E-state index in [1.54, 1.807) is 18.3 Å². The van der Waals surface area contributed by atoms with Crippen molar-refractivity contribution in [3.8, 4) is 0 Å². The SMILES string of the molecule is CC(=O)Cc1cc2c(C)cccc2s1. The Balaban J connectivity index is 2.51. The molecule has 0 atom stereocenters. The van der Waals surface area contributed by atoms with Crippen LogP contribution in [0.1, 0.15) is 17.4 Å². The average Bonchev–Trinajstić information content (AvgIpc) is 2.47. The quantitative estimate of drug-likeness (QED) is 0.733. The summed E-state index contributed by atoms with van der Waals surface area (Å²) in [6.07, 6.45) is 0.568. The zero-order valence-electron chi connectivity index (χ0n) is 8.33. The maximum Gasteiger partial charge on any atom is 0.135 e. The van der Waals surface area contributed by atoms with E-state index in [4.69, 9.17) is 0 Å². The molecule has 0 amide bonds. The van der Waals surface area contributed by atoms with Crippen LogP contribution in [0.5, 0.6) is 0 Å². The summed E-state index contributed by atoms with van der Waals surface area (Å²) < 4.78 is 1.28. The summed E-state index contributed by atoms with van der Waals surface area (Å²) in [4.78, 5) is 12.1. The number of hydrogen-bond donors (Lipinski definition) is 0. The van der Waals surface area contributed by atoms with Crippen molar-refractivity contribution in [2.75, 3.05) is 0 Å². The van der Waals surface area contributed by atoms with Gasteiger partial charge in [0.05, 0.1) is 0 Å². The highest BCUT2D eigenvalue weighted by Crippen LogP contribution is 2.28. The smallest absolute Gasteiger partial charge is 0.135 e. The third-order valence-electron chi connectivity index (χ3n) is 2.25. The molecule has 2 aromatic rings. The molecule has 1 aromatic carbocycles. The zero-order chi connectivity index (χ0) is 10.1. The molecule has 2 rings (SSSR count). The van der Waals surface area contributed by atoms with Crippen molar-refractivity contribution in [1.29, 1.82) is 0 Å². The van der Waals surface area contributed by atoms with Crippen LogP contribution in [0.2, 0.25) is 0 Å². The topological polar surface area (TPSA) is 17.1 Å². The Kier molecular flexibility index (Phi) is 2.38. The molecule has 0 aliphatic heterocycles. The van der Waals surface area contributed by atoms with Gasteiger partial charge in [-0.15, -0.1) is 11.3 Å². The van der Waals surface area contributed by atoms with Crippen molar-refractivity contribution in [3.63, 3.8) is 0 Å². The second-order valence-electron chi connectivity index (χ2n) is 3.58. The molecule has 0 spiro atoms. The Morgan fingerprint density at radius 1 is 1.43 bits per heavy atom. The normalized spacial score (nSPS) is 10.7. The predicted molar refractivity (Wildman–Crippen MR) is 60.9 cm³/mol. The molecule has 0 aliphatic carbocycles. The summed E-state index contributed by atoms with van der Waals surface area (Å²) in [7, 11) is 0. The number of fused-ring (bicyclic) bond motifs is 1. The highest BCUT2D eigenvalue weighted by molar-refractivity contribution is 7.19. The first-order chi connectivity index (χ1) is 6.66. The first-order valence-electron chi connectivity index (χ1n) is 4.64. The molecule has 0 bridgehead atoms. The molecule has 0 aliphatic rings. The summed E-state index contributed by atoms with van der Waals surface area (Å²) in [5.74, 6) is 0.231. The Bertz CT molecular complexity index is 482. The number of carbonyl (C=O) groups excluding carboxylic acids is 1. The number of ketones is 1.